The SMILES string of the molecule is Cc1c(NC(=O)COC(=O)c2ccc(F)cc2Cl)c(=O)n(-c2ccccc2)n1C. The Bertz CT molecular complexity index is 1140. The Kier molecular flexibility index (Phi) is 5.84. The molecule has 3 aromatic rings. The molecule has 1 heterocycles. The number of anilines is 1. The van der Waals surface area contributed by atoms with Crippen LogP contribution in [0, 0.1) is 12.7 Å². The summed E-state index contributed by atoms with van der Waals surface area (Å²) in [5.74, 6) is -2.17. The van der Waals surface area contributed by atoms with E-state index in [4.69, 9.17) is 16.3 Å². The summed E-state index contributed by atoms with van der Waals surface area (Å²) in [6.45, 7) is 1.05. The monoisotopic (exact) mass is 417 g/mol. The Morgan fingerprint density at radius 2 is 1.86 bits per heavy atom. The fourth-order valence-corrected chi connectivity index (χ4v) is 3.00. The van der Waals surface area contributed by atoms with Gasteiger partial charge >= 0.3 is 5.97 Å². The third-order valence-corrected chi connectivity index (χ3v) is 4.62. The summed E-state index contributed by atoms with van der Waals surface area (Å²) >= 11 is 5.80. The Labute approximate surface area is 170 Å². The van der Waals surface area contributed by atoms with E-state index in [1.54, 1.807) is 42.9 Å². The molecule has 0 atom stereocenters. The lowest BCUT2D eigenvalue weighted by molar-refractivity contribution is -0.119. The molecule has 0 aliphatic rings. The van der Waals surface area contributed by atoms with Crippen LogP contribution in [0.4, 0.5) is 10.1 Å². The Morgan fingerprint density at radius 1 is 1.17 bits per heavy atom. The van der Waals surface area contributed by atoms with Crippen molar-refractivity contribution in [2.75, 3.05) is 11.9 Å². The number of nitrogens with one attached hydrogen (secondary N) is 1. The van der Waals surface area contributed by atoms with E-state index in [2.05, 4.69) is 5.32 Å². The van der Waals surface area contributed by atoms with Crippen molar-refractivity contribution in [1.29, 1.82) is 0 Å². The van der Waals surface area contributed by atoms with Gasteiger partial charge in [0.15, 0.2) is 6.61 Å². The van der Waals surface area contributed by atoms with E-state index in [9.17, 15) is 18.8 Å². The number of amides is 1. The van der Waals surface area contributed by atoms with Crippen molar-refractivity contribution >= 4 is 29.2 Å². The molecular weight excluding hydrogens is 401 g/mol. The van der Waals surface area contributed by atoms with Crippen LogP contribution in [0.5, 0.6) is 0 Å². The number of esters is 1. The Balaban J connectivity index is 1.73. The summed E-state index contributed by atoms with van der Waals surface area (Å²) in [5.41, 5.74) is 0.763. The highest BCUT2D eigenvalue weighted by Gasteiger charge is 2.19. The molecule has 0 radical (unpaired) electrons. The van der Waals surface area contributed by atoms with Gasteiger partial charge in [0.25, 0.3) is 11.5 Å². The number of carbonyl (C=O) groups is 2. The number of aromatic nitrogens is 2. The molecule has 1 amide bonds. The molecule has 0 spiro atoms. The van der Waals surface area contributed by atoms with Crippen molar-refractivity contribution in [3.63, 3.8) is 0 Å². The van der Waals surface area contributed by atoms with Crippen LogP contribution in [0.15, 0.2) is 53.3 Å². The normalized spacial score (nSPS) is 10.6. The van der Waals surface area contributed by atoms with Crippen LogP contribution < -0.4 is 10.9 Å². The molecule has 3 rings (SSSR count). The van der Waals surface area contributed by atoms with Crippen molar-refractivity contribution < 1.29 is 18.7 Å². The van der Waals surface area contributed by atoms with Crippen LogP contribution >= 0.6 is 11.6 Å². The molecule has 0 fully saturated rings. The third kappa shape index (κ3) is 4.22. The lowest BCUT2D eigenvalue weighted by Crippen LogP contribution is -2.26. The van der Waals surface area contributed by atoms with Gasteiger partial charge in [0.2, 0.25) is 0 Å². The fourth-order valence-electron chi connectivity index (χ4n) is 2.75. The van der Waals surface area contributed by atoms with Crippen LogP contribution in [0.25, 0.3) is 5.69 Å². The summed E-state index contributed by atoms with van der Waals surface area (Å²) in [7, 11) is 1.69. The molecule has 29 heavy (non-hydrogen) atoms. The van der Waals surface area contributed by atoms with Crippen molar-refractivity contribution in [3.05, 3.63) is 81.0 Å². The molecule has 7 nitrogen and oxygen atoms in total. The number of halogens is 2. The first-order valence-electron chi connectivity index (χ1n) is 8.55. The number of hydrogen-bond donors (Lipinski definition) is 1. The number of para-hydroxylation sites is 1. The fraction of sp³-hybridized carbons (Fsp3) is 0.150. The van der Waals surface area contributed by atoms with E-state index >= 15 is 0 Å². The molecule has 1 N–H and O–H groups in total. The molecule has 150 valence electrons. The summed E-state index contributed by atoms with van der Waals surface area (Å²) in [4.78, 5) is 37.0. The molecular formula is C20H17ClFN3O4. The van der Waals surface area contributed by atoms with Crippen molar-refractivity contribution in [3.8, 4) is 5.69 Å². The molecule has 0 saturated heterocycles. The second kappa shape index (κ2) is 8.32. The van der Waals surface area contributed by atoms with Gasteiger partial charge in [-0.1, -0.05) is 29.8 Å². The van der Waals surface area contributed by atoms with Crippen molar-refractivity contribution in [1.82, 2.24) is 9.36 Å². The number of nitrogens with zero attached hydrogens (tertiary/aromatic N) is 2. The highest BCUT2D eigenvalue weighted by Crippen LogP contribution is 2.18. The van der Waals surface area contributed by atoms with Gasteiger partial charge in [0.05, 0.1) is 22.0 Å². The van der Waals surface area contributed by atoms with Gasteiger partial charge in [-0.15, -0.1) is 0 Å². The van der Waals surface area contributed by atoms with Crippen LogP contribution in [-0.4, -0.2) is 27.8 Å². The smallest absolute Gasteiger partial charge is 0.340 e. The number of ether oxygens (including phenoxy) is 1. The predicted octanol–water partition coefficient (Wildman–Crippen LogP) is 3.07. The van der Waals surface area contributed by atoms with Gasteiger partial charge in [-0.2, -0.15) is 0 Å². The van der Waals surface area contributed by atoms with Gasteiger partial charge in [0, 0.05) is 7.05 Å². The zero-order valence-corrected chi connectivity index (χ0v) is 16.4. The van der Waals surface area contributed by atoms with E-state index < -0.39 is 29.9 Å². The minimum atomic E-state index is -0.878. The number of rotatable bonds is 5. The third-order valence-electron chi connectivity index (χ3n) is 4.30. The molecule has 2 aromatic carbocycles. The number of carbonyl (C=O) groups excluding carboxylic acids is 2. The maximum atomic E-state index is 13.1. The molecule has 0 aliphatic carbocycles. The molecule has 0 saturated carbocycles. The minimum absolute atomic E-state index is 0.0665. The highest BCUT2D eigenvalue weighted by molar-refractivity contribution is 6.33. The van der Waals surface area contributed by atoms with Crippen LogP contribution in [0.3, 0.4) is 0 Å². The van der Waals surface area contributed by atoms with Gasteiger partial charge in [-0.05, 0) is 37.3 Å². The minimum Gasteiger partial charge on any atom is -0.452 e. The van der Waals surface area contributed by atoms with E-state index in [0.717, 1.165) is 18.2 Å². The largest absolute Gasteiger partial charge is 0.452 e. The highest BCUT2D eigenvalue weighted by atomic mass is 35.5. The summed E-state index contributed by atoms with van der Waals surface area (Å²) in [5, 5.41) is 2.35. The lowest BCUT2D eigenvalue weighted by atomic mass is 10.2. The summed E-state index contributed by atoms with van der Waals surface area (Å²) in [6.07, 6.45) is 0. The first-order valence-corrected chi connectivity index (χ1v) is 8.93. The Morgan fingerprint density at radius 3 is 2.52 bits per heavy atom. The Hall–Kier alpha value is -3.39. The molecule has 0 aliphatic heterocycles. The van der Waals surface area contributed by atoms with E-state index in [1.807, 2.05) is 6.07 Å². The second-order valence-electron chi connectivity index (χ2n) is 6.18. The summed E-state index contributed by atoms with van der Waals surface area (Å²) < 4.78 is 21.0. The molecule has 0 bridgehead atoms. The molecule has 1 aromatic heterocycles. The zero-order valence-electron chi connectivity index (χ0n) is 15.6. The number of benzene rings is 2. The standard InChI is InChI=1S/C20H17ClFN3O4/c1-12-18(19(27)25(24(12)2)14-6-4-3-5-7-14)23-17(26)11-29-20(28)15-9-8-13(22)10-16(15)21/h3-10H,11H2,1-2H3,(H,23,26). The van der Waals surface area contributed by atoms with Crippen LogP contribution in [0.1, 0.15) is 16.1 Å². The van der Waals surface area contributed by atoms with Gasteiger partial charge in [0.1, 0.15) is 11.5 Å². The second-order valence-corrected chi connectivity index (χ2v) is 6.59. The topological polar surface area (TPSA) is 82.3 Å². The van der Waals surface area contributed by atoms with Crippen LogP contribution in [-0.2, 0) is 16.6 Å². The van der Waals surface area contributed by atoms with Gasteiger partial charge in [-0.25, -0.2) is 13.9 Å². The first-order chi connectivity index (χ1) is 13.8. The zero-order chi connectivity index (χ0) is 21.1. The van der Waals surface area contributed by atoms with Gasteiger partial charge in [-0.3, -0.25) is 14.3 Å². The average molecular weight is 418 g/mol. The van der Waals surface area contributed by atoms with Crippen LogP contribution in [0.2, 0.25) is 5.02 Å². The van der Waals surface area contributed by atoms with Gasteiger partial charge < -0.3 is 10.1 Å². The predicted molar refractivity (Wildman–Crippen MR) is 106 cm³/mol. The quantitative estimate of drug-likeness (QED) is 0.647. The maximum absolute atomic E-state index is 13.1. The average Bonchev–Trinajstić information content (AvgIpc) is 2.90. The molecule has 0 unspecified atom stereocenters. The van der Waals surface area contributed by atoms with Crippen molar-refractivity contribution in [2.45, 2.75) is 6.92 Å². The van der Waals surface area contributed by atoms with Crippen molar-refractivity contribution in [2.24, 2.45) is 7.05 Å². The van der Waals surface area contributed by atoms with E-state index in [0.29, 0.717) is 11.4 Å². The summed E-state index contributed by atoms with van der Waals surface area (Å²) in [6, 6.07) is 12.1. The number of hydrogen-bond acceptors (Lipinski definition) is 4. The maximum Gasteiger partial charge on any atom is 0.340 e. The van der Waals surface area contributed by atoms with E-state index in [-0.39, 0.29) is 16.3 Å². The lowest BCUT2D eigenvalue weighted by Gasteiger charge is -2.07. The van der Waals surface area contributed by atoms with E-state index in [1.165, 1.54) is 4.68 Å². The molecule has 9 heteroatoms. The first kappa shape index (κ1) is 20.3.